The number of rotatable bonds is 4. The van der Waals surface area contributed by atoms with E-state index in [0.717, 1.165) is 21.9 Å². The van der Waals surface area contributed by atoms with Gasteiger partial charge in [0.15, 0.2) is 23.6 Å². The third-order valence-corrected chi connectivity index (χ3v) is 8.23. The minimum absolute atomic E-state index is 0.00770. The van der Waals surface area contributed by atoms with Gasteiger partial charge in [-0.3, -0.25) is 0 Å². The monoisotopic (exact) mass is 704 g/mol. The molecule has 48 heavy (non-hydrogen) atoms. The second kappa shape index (κ2) is 13.9. The maximum absolute atomic E-state index is 13.1. The lowest BCUT2D eigenvalue weighted by Crippen LogP contribution is -2.48. The van der Waals surface area contributed by atoms with Crippen LogP contribution in [-0.2, 0) is 12.4 Å². The van der Waals surface area contributed by atoms with Gasteiger partial charge >= 0.3 is 24.7 Å². The van der Waals surface area contributed by atoms with Crippen LogP contribution in [0, 0.1) is 13.1 Å². The molecular formula is C30H28F12N4O2. The Hall–Kier alpha value is -3.90. The van der Waals surface area contributed by atoms with Gasteiger partial charge in [0.05, 0.1) is 36.4 Å². The molecule has 2 heterocycles. The number of aliphatic hydroxyl groups is 2. The quantitative estimate of drug-likeness (QED) is 0.247. The van der Waals surface area contributed by atoms with Crippen molar-refractivity contribution in [2.45, 2.75) is 101 Å². The van der Waals surface area contributed by atoms with Gasteiger partial charge in [-0.25, -0.2) is 9.69 Å². The van der Waals surface area contributed by atoms with Crippen LogP contribution in [0.15, 0.2) is 36.4 Å². The van der Waals surface area contributed by atoms with Crippen molar-refractivity contribution < 1.29 is 62.9 Å². The first kappa shape index (κ1) is 38.5. The van der Waals surface area contributed by atoms with Crippen LogP contribution in [0.2, 0.25) is 0 Å². The van der Waals surface area contributed by atoms with Crippen molar-refractivity contribution in [1.82, 2.24) is 0 Å². The molecule has 264 valence electrons. The van der Waals surface area contributed by atoms with Crippen molar-refractivity contribution >= 4 is 22.7 Å². The summed E-state index contributed by atoms with van der Waals surface area (Å²) in [5.74, 6) is 0. The average Bonchev–Trinajstić information content (AvgIpc) is 3.56. The zero-order valence-electron chi connectivity index (χ0n) is 25.0. The molecule has 2 aliphatic heterocycles. The lowest BCUT2D eigenvalue weighted by Gasteiger charge is -2.34. The SMILES string of the molecule is [C-]#[N+]c1ccc(N2[C@H](C)CC[C@@H]2[C@@H](O)C(F)(F)F)cc1C(F)(F)F.[C-]#[N+]c1ccc(N2[C@H](C)CC[C@@H]2[C@H](O)C(F)(F)F)cc1C(F)(F)F. The first-order valence-corrected chi connectivity index (χ1v) is 14.2. The van der Waals surface area contributed by atoms with E-state index in [1.165, 1.54) is 12.1 Å². The Labute approximate surface area is 266 Å². The van der Waals surface area contributed by atoms with E-state index in [9.17, 15) is 62.9 Å². The van der Waals surface area contributed by atoms with E-state index >= 15 is 0 Å². The van der Waals surface area contributed by atoms with Gasteiger partial charge in [0.2, 0.25) is 0 Å². The molecule has 6 nitrogen and oxygen atoms in total. The molecular weight excluding hydrogens is 676 g/mol. The maximum Gasteiger partial charge on any atom is 0.416 e. The van der Waals surface area contributed by atoms with E-state index in [1.807, 2.05) is 0 Å². The zero-order chi connectivity index (χ0) is 36.6. The molecule has 0 amide bonds. The summed E-state index contributed by atoms with van der Waals surface area (Å²) in [4.78, 5) is 7.91. The molecule has 0 aromatic heterocycles. The molecule has 2 fully saturated rings. The highest BCUT2D eigenvalue weighted by molar-refractivity contribution is 5.64. The summed E-state index contributed by atoms with van der Waals surface area (Å²) in [5, 5.41) is 19.1. The minimum atomic E-state index is -4.86. The van der Waals surface area contributed by atoms with E-state index in [0.29, 0.717) is 25.0 Å². The lowest BCUT2D eigenvalue weighted by atomic mass is 10.1. The molecule has 2 aliphatic rings. The Morgan fingerprint density at radius 3 is 1.17 bits per heavy atom. The maximum atomic E-state index is 13.1. The summed E-state index contributed by atoms with van der Waals surface area (Å²) < 4.78 is 155. The predicted molar refractivity (Wildman–Crippen MR) is 149 cm³/mol. The molecule has 0 unspecified atom stereocenters. The van der Waals surface area contributed by atoms with Gasteiger partial charge in [0.1, 0.15) is 0 Å². The highest BCUT2D eigenvalue weighted by atomic mass is 19.4. The largest absolute Gasteiger partial charge is 0.416 e. The molecule has 0 saturated carbocycles. The van der Waals surface area contributed by atoms with Crippen LogP contribution in [0.4, 0.5) is 75.4 Å². The van der Waals surface area contributed by atoms with E-state index in [4.69, 9.17) is 13.1 Å². The molecule has 2 N–H and O–H groups in total. The average molecular weight is 705 g/mol. The topological polar surface area (TPSA) is 55.7 Å². The Kier molecular flexibility index (Phi) is 11.2. The standard InChI is InChI=1S/2C15H14F6N2O/c2*1-8-3-6-12(13(24)15(19,20)21)23(8)9-4-5-11(22-2)10(7-9)14(16,17)18/h2*4-5,7-8,12-13,24H,3,6H2,1H3/t8-,12-,13+;8-,12-,13-/m11/s1. The molecule has 6 atom stereocenters. The number of hydrogen-bond donors (Lipinski definition) is 2. The summed E-state index contributed by atoms with van der Waals surface area (Å²) in [6.45, 7) is 16.8. The molecule has 0 radical (unpaired) electrons. The van der Waals surface area contributed by atoms with Gasteiger partial charge in [-0.15, -0.1) is 0 Å². The summed E-state index contributed by atoms with van der Waals surface area (Å²) in [5.41, 5.74) is -3.82. The normalized spacial score (nSPS) is 23.2. The summed E-state index contributed by atoms with van der Waals surface area (Å²) >= 11 is 0. The molecule has 0 bridgehead atoms. The van der Waals surface area contributed by atoms with Crippen molar-refractivity contribution in [1.29, 1.82) is 0 Å². The van der Waals surface area contributed by atoms with Gasteiger partial charge in [0, 0.05) is 23.5 Å². The van der Waals surface area contributed by atoms with Crippen LogP contribution < -0.4 is 9.80 Å². The second-order valence-electron chi connectivity index (χ2n) is 11.4. The van der Waals surface area contributed by atoms with Crippen LogP contribution in [-0.4, -0.2) is 58.9 Å². The Morgan fingerprint density at radius 2 is 0.917 bits per heavy atom. The van der Waals surface area contributed by atoms with Crippen molar-refractivity contribution in [2.24, 2.45) is 0 Å². The molecule has 2 saturated heterocycles. The van der Waals surface area contributed by atoms with E-state index in [1.54, 1.807) is 13.8 Å². The van der Waals surface area contributed by atoms with Crippen molar-refractivity contribution in [3.8, 4) is 0 Å². The van der Waals surface area contributed by atoms with Crippen LogP contribution >= 0.6 is 0 Å². The van der Waals surface area contributed by atoms with Gasteiger partial charge in [0.25, 0.3) is 0 Å². The predicted octanol–water partition coefficient (Wildman–Crippen LogP) is 9.07. The summed E-state index contributed by atoms with van der Waals surface area (Å²) in [6, 6.07) is 1.93. The van der Waals surface area contributed by atoms with Crippen molar-refractivity contribution in [2.75, 3.05) is 9.80 Å². The molecule has 0 spiro atoms. The fourth-order valence-corrected chi connectivity index (χ4v) is 6.00. The minimum Gasteiger partial charge on any atom is -0.382 e. The first-order chi connectivity index (χ1) is 21.9. The Bertz CT molecular complexity index is 1410. The van der Waals surface area contributed by atoms with E-state index < -0.39 is 83.6 Å². The van der Waals surface area contributed by atoms with Crippen molar-refractivity contribution in [3.63, 3.8) is 0 Å². The van der Waals surface area contributed by atoms with Gasteiger partial charge < -0.3 is 20.0 Å². The Balaban J connectivity index is 0.000000260. The summed E-state index contributed by atoms with van der Waals surface area (Å²) in [6.07, 6.45) is -24.0. The van der Waals surface area contributed by atoms with Crippen LogP contribution in [0.1, 0.15) is 50.7 Å². The number of benzene rings is 2. The van der Waals surface area contributed by atoms with Gasteiger partial charge in [-0.1, -0.05) is 12.1 Å². The number of halogens is 12. The molecule has 2 aromatic rings. The molecule has 0 aliphatic carbocycles. The van der Waals surface area contributed by atoms with E-state index in [-0.39, 0.29) is 24.2 Å². The number of anilines is 2. The fourth-order valence-electron chi connectivity index (χ4n) is 6.00. The van der Waals surface area contributed by atoms with Gasteiger partial charge in [-0.2, -0.15) is 52.7 Å². The molecule has 4 rings (SSSR count). The number of nitrogens with zero attached hydrogens (tertiary/aromatic N) is 4. The fraction of sp³-hybridized carbons (Fsp3) is 0.533. The summed E-state index contributed by atoms with van der Waals surface area (Å²) in [7, 11) is 0. The zero-order valence-corrected chi connectivity index (χ0v) is 25.0. The van der Waals surface area contributed by atoms with Gasteiger partial charge in [-0.05, 0) is 63.8 Å². The van der Waals surface area contributed by atoms with Crippen LogP contribution in [0.3, 0.4) is 0 Å². The number of alkyl halides is 12. The number of aliphatic hydroxyl groups excluding tert-OH is 2. The van der Waals surface area contributed by atoms with E-state index in [2.05, 4.69) is 9.69 Å². The smallest absolute Gasteiger partial charge is 0.382 e. The third-order valence-electron chi connectivity index (χ3n) is 8.23. The second-order valence-corrected chi connectivity index (χ2v) is 11.4. The van der Waals surface area contributed by atoms with Crippen molar-refractivity contribution in [3.05, 3.63) is 70.4 Å². The van der Waals surface area contributed by atoms with Crippen LogP contribution in [0.5, 0.6) is 0 Å². The molecule has 2 aromatic carbocycles. The third kappa shape index (κ3) is 8.38. The highest BCUT2D eigenvalue weighted by Crippen LogP contribution is 2.44. The lowest BCUT2D eigenvalue weighted by molar-refractivity contribution is -0.209. The van der Waals surface area contributed by atoms with Crippen LogP contribution in [0.25, 0.3) is 9.69 Å². The number of hydrogen-bond acceptors (Lipinski definition) is 4. The molecule has 18 heteroatoms. The Morgan fingerprint density at radius 1 is 0.604 bits per heavy atom. The highest BCUT2D eigenvalue weighted by Gasteiger charge is 2.50. The first-order valence-electron chi connectivity index (χ1n) is 14.2.